The van der Waals surface area contributed by atoms with Crippen molar-refractivity contribution in [1.82, 2.24) is 5.32 Å². The van der Waals surface area contributed by atoms with Crippen molar-refractivity contribution in [3.8, 4) is 0 Å². The Labute approximate surface area is 86.8 Å². The van der Waals surface area contributed by atoms with Gasteiger partial charge in [0.25, 0.3) is 0 Å². The quantitative estimate of drug-likeness (QED) is 0.775. The van der Waals surface area contributed by atoms with Gasteiger partial charge in [-0.1, -0.05) is 17.7 Å². The van der Waals surface area contributed by atoms with Gasteiger partial charge in [-0.05, 0) is 24.7 Å². The molecule has 0 radical (unpaired) electrons. The second-order valence-electron chi connectivity index (χ2n) is 2.70. The van der Waals surface area contributed by atoms with Gasteiger partial charge in [-0.2, -0.15) is 0 Å². The topological polar surface area (TPSA) is 12.0 Å². The van der Waals surface area contributed by atoms with Crippen LogP contribution in [0.5, 0.6) is 0 Å². The maximum atomic E-state index is 13.0. The van der Waals surface area contributed by atoms with Crippen molar-refractivity contribution in [3.63, 3.8) is 0 Å². The summed E-state index contributed by atoms with van der Waals surface area (Å²) < 4.78 is 13.0. The van der Waals surface area contributed by atoms with Gasteiger partial charge < -0.3 is 5.32 Å². The predicted molar refractivity (Wildman–Crippen MR) is 53.9 cm³/mol. The molecule has 4 heteroatoms. The van der Waals surface area contributed by atoms with E-state index in [0.717, 1.165) is 5.56 Å². The zero-order valence-corrected chi connectivity index (χ0v) is 8.66. The molecule has 0 saturated carbocycles. The first-order chi connectivity index (χ1) is 6.15. The summed E-state index contributed by atoms with van der Waals surface area (Å²) >= 11 is 11.5. The van der Waals surface area contributed by atoms with Gasteiger partial charge >= 0.3 is 0 Å². The first-order valence-electron chi connectivity index (χ1n) is 3.88. The molecule has 1 aromatic rings. The summed E-state index contributed by atoms with van der Waals surface area (Å²) in [6, 6.07) is 4.59. The van der Waals surface area contributed by atoms with Crippen molar-refractivity contribution < 1.29 is 4.39 Å². The minimum absolute atomic E-state index is 0.122. The highest BCUT2D eigenvalue weighted by atomic mass is 35.5. The van der Waals surface area contributed by atoms with Gasteiger partial charge in [-0.15, -0.1) is 11.6 Å². The summed E-state index contributed by atoms with van der Waals surface area (Å²) in [6.45, 7) is 0.600. The van der Waals surface area contributed by atoms with Gasteiger partial charge in [-0.3, -0.25) is 0 Å². The molecule has 0 saturated heterocycles. The summed E-state index contributed by atoms with van der Waals surface area (Å²) in [4.78, 5) is 0. The molecule has 0 aliphatic heterocycles. The molecule has 0 fully saturated rings. The first kappa shape index (κ1) is 10.8. The fourth-order valence-corrected chi connectivity index (χ4v) is 1.41. The van der Waals surface area contributed by atoms with Crippen LogP contribution in [0.2, 0.25) is 5.02 Å². The first-order valence-corrected chi connectivity index (χ1v) is 4.70. The van der Waals surface area contributed by atoms with E-state index in [1.54, 1.807) is 13.1 Å². The molecule has 0 aliphatic carbocycles. The lowest BCUT2D eigenvalue weighted by Crippen LogP contribution is -2.13. The van der Waals surface area contributed by atoms with Crippen LogP contribution in [0.1, 0.15) is 10.9 Å². The largest absolute Gasteiger partial charge is 0.318 e. The highest BCUT2D eigenvalue weighted by Crippen LogP contribution is 2.23. The molecule has 13 heavy (non-hydrogen) atoms. The Balaban J connectivity index is 2.84. The Morgan fingerprint density at radius 3 is 2.77 bits per heavy atom. The maximum absolute atomic E-state index is 13.0. The Morgan fingerprint density at radius 1 is 1.54 bits per heavy atom. The van der Waals surface area contributed by atoms with Crippen molar-refractivity contribution in [2.45, 2.75) is 5.38 Å². The lowest BCUT2D eigenvalue weighted by Gasteiger charge is -2.09. The molecule has 1 N–H and O–H groups in total. The fourth-order valence-electron chi connectivity index (χ4n) is 1.00. The van der Waals surface area contributed by atoms with E-state index in [1.807, 2.05) is 0 Å². The molecule has 0 aromatic heterocycles. The number of alkyl halides is 1. The van der Waals surface area contributed by atoms with Crippen LogP contribution >= 0.6 is 23.2 Å². The Hall–Kier alpha value is -0.310. The van der Waals surface area contributed by atoms with Crippen molar-refractivity contribution in [3.05, 3.63) is 34.6 Å². The van der Waals surface area contributed by atoms with Gasteiger partial charge in [-0.25, -0.2) is 4.39 Å². The number of hydrogen-bond donors (Lipinski definition) is 1. The highest BCUT2D eigenvalue weighted by Gasteiger charge is 2.08. The fraction of sp³-hybridized carbons (Fsp3) is 0.333. The Morgan fingerprint density at radius 2 is 2.23 bits per heavy atom. The minimum Gasteiger partial charge on any atom is -0.318 e. The third kappa shape index (κ3) is 2.83. The average Bonchev–Trinajstić information content (AvgIpc) is 2.10. The van der Waals surface area contributed by atoms with E-state index in [9.17, 15) is 4.39 Å². The number of halogens is 3. The number of likely N-dealkylation sites (N-methyl/N-ethyl adjacent to an activating group) is 1. The molecule has 0 heterocycles. The van der Waals surface area contributed by atoms with E-state index >= 15 is 0 Å². The van der Waals surface area contributed by atoms with E-state index < -0.39 is 5.82 Å². The van der Waals surface area contributed by atoms with Crippen molar-refractivity contribution >= 4 is 23.2 Å². The van der Waals surface area contributed by atoms with Crippen molar-refractivity contribution in [2.24, 2.45) is 0 Å². The molecule has 1 nitrogen and oxygen atoms in total. The monoisotopic (exact) mass is 221 g/mol. The van der Waals surface area contributed by atoms with Gasteiger partial charge in [0.1, 0.15) is 5.82 Å². The van der Waals surface area contributed by atoms with Crippen molar-refractivity contribution in [1.29, 1.82) is 0 Å². The average molecular weight is 222 g/mol. The summed E-state index contributed by atoms with van der Waals surface area (Å²) in [5.41, 5.74) is 0.734. The van der Waals surface area contributed by atoms with Gasteiger partial charge in [0.2, 0.25) is 0 Å². The normalized spacial score (nSPS) is 12.9. The smallest absolute Gasteiger partial charge is 0.142 e. The standard InChI is InChI=1S/C9H10Cl2FN/c1-13-5-8(11)6-2-3-7(10)9(12)4-6/h2-4,8,13H,5H2,1H3. The molecule has 0 bridgehead atoms. The number of benzene rings is 1. The number of rotatable bonds is 3. The van der Waals surface area contributed by atoms with Gasteiger partial charge in [0.05, 0.1) is 10.4 Å². The molecule has 1 atom stereocenters. The highest BCUT2D eigenvalue weighted by molar-refractivity contribution is 6.30. The van der Waals surface area contributed by atoms with Gasteiger partial charge in [0.15, 0.2) is 0 Å². The van der Waals surface area contributed by atoms with Crippen LogP contribution in [0.15, 0.2) is 18.2 Å². The third-order valence-electron chi connectivity index (χ3n) is 1.69. The zero-order chi connectivity index (χ0) is 9.84. The van der Waals surface area contributed by atoms with Crippen LogP contribution in [0.3, 0.4) is 0 Å². The van der Waals surface area contributed by atoms with Crippen LogP contribution in [0.4, 0.5) is 4.39 Å². The molecule has 1 rings (SSSR count). The molecule has 1 unspecified atom stereocenters. The molecule has 0 aliphatic rings. The van der Waals surface area contributed by atoms with E-state index in [2.05, 4.69) is 5.32 Å². The molecular weight excluding hydrogens is 212 g/mol. The predicted octanol–water partition coefficient (Wildman–Crippen LogP) is 2.98. The molecule has 0 amide bonds. The lowest BCUT2D eigenvalue weighted by atomic mass is 10.1. The zero-order valence-electron chi connectivity index (χ0n) is 7.15. The van der Waals surface area contributed by atoms with E-state index in [0.29, 0.717) is 6.54 Å². The second kappa shape index (κ2) is 4.80. The van der Waals surface area contributed by atoms with Crippen LogP contribution in [-0.2, 0) is 0 Å². The lowest BCUT2D eigenvalue weighted by molar-refractivity contribution is 0.624. The summed E-state index contributed by atoms with van der Waals surface area (Å²) in [6.07, 6.45) is 0. The van der Waals surface area contributed by atoms with Crippen LogP contribution in [-0.4, -0.2) is 13.6 Å². The summed E-state index contributed by atoms with van der Waals surface area (Å²) in [5.74, 6) is -0.430. The molecule has 72 valence electrons. The van der Waals surface area contributed by atoms with Gasteiger partial charge in [0, 0.05) is 6.54 Å². The van der Waals surface area contributed by atoms with Crippen LogP contribution in [0, 0.1) is 5.82 Å². The van der Waals surface area contributed by atoms with E-state index in [1.165, 1.54) is 12.1 Å². The minimum atomic E-state index is -0.430. The second-order valence-corrected chi connectivity index (χ2v) is 3.63. The number of nitrogens with one attached hydrogen (secondary N) is 1. The third-order valence-corrected chi connectivity index (χ3v) is 2.40. The summed E-state index contributed by atoms with van der Waals surface area (Å²) in [7, 11) is 1.79. The Bertz CT molecular complexity index is 291. The number of hydrogen-bond acceptors (Lipinski definition) is 1. The van der Waals surface area contributed by atoms with E-state index in [4.69, 9.17) is 23.2 Å². The van der Waals surface area contributed by atoms with Crippen LogP contribution in [0.25, 0.3) is 0 Å². The van der Waals surface area contributed by atoms with Crippen molar-refractivity contribution in [2.75, 3.05) is 13.6 Å². The van der Waals surface area contributed by atoms with Crippen LogP contribution < -0.4 is 5.32 Å². The molecule has 0 spiro atoms. The van der Waals surface area contributed by atoms with E-state index in [-0.39, 0.29) is 10.4 Å². The Kier molecular flexibility index (Phi) is 3.97. The summed E-state index contributed by atoms with van der Waals surface area (Å²) in [5, 5.41) is 2.81. The molecule has 1 aromatic carbocycles. The molecular formula is C9H10Cl2FN. The SMILES string of the molecule is CNCC(Cl)c1ccc(Cl)c(F)c1. The maximum Gasteiger partial charge on any atom is 0.142 e.